The number of nitrogens with zero attached hydrogens (tertiary/aromatic N) is 1. The molecule has 3 rings (SSSR count). The van der Waals surface area contributed by atoms with Gasteiger partial charge in [0.1, 0.15) is 5.82 Å². The van der Waals surface area contributed by atoms with E-state index in [-0.39, 0.29) is 17.8 Å². The number of nitrogens with one attached hydrogen (secondary N) is 2. The number of para-hydroxylation sites is 1. The van der Waals surface area contributed by atoms with Gasteiger partial charge in [-0.05, 0) is 55.2 Å². The molecule has 1 heterocycles. The van der Waals surface area contributed by atoms with Crippen LogP contribution in [0.5, 0.6) is 0 Å². The molecule has 5 heteroatoms. The van der Waals surface area contributed by atoms with E-state index < -0.39 is 0 Å². The number of hydrogen-bond acceptors (Lipinski definition) is 2. The molecule has 0 aliphatic carbocycles. The van der Waals surface area contributed by atoms with Crippen LogP contribution in [0.25, 0.3) is 0 Å². The molecule has 0 saturated carbocycles. The fourth-order valence-corrected chi connectivity index (χ4v) is 3.82. The van der Waals surface area contributed by atoms with Gasteiger partial charge in [-0.2, -0.15) is 0 Å². The van der Waals surface area contributed by atoms with Gasteiger partial charge >= 0.3 is 0 Å². The molecule has 2 N–H and O–H groups in total. The quantitative estimate of drug-likeness (QED) is 0.803. The summed E-state index contributed by atoms with van der Waals surface area (Å²) in [5.41, 5.74) is 3.17. The average Bonchev–Trinajstić information content (AvgIpc) is 2.73. The van der Waals surface area contributed by atoms with Crippen molar-refractivity contribution >= 4 is 17.3 Å². The number of carbonyl (C=O) groups is 1. The summed E-state index contributed by atoms with van der Waals surface area (Å²) in [7, 11) is 0. The number of hydrogen-bond donors (Lipinski definition) is 2. The summed E-state index contributed by atoms with van der Waals surface area (Å²) in [5.74, 6) is 0.273. The first kappa shape index (κ1) is 20.3. The Morgan fingerprint density at radius 1 is 1.11 bits per heavy atom. The minimum absolute atomic E-state index is 0.0704. The summed E-state index contributed by atoms with van der Waals surface area (Å²) in [6.07, 6.45) is 1.04. The highest BCUT2D eigenvalue weighted by Gasteiger charge is 2.29. The van der Waals surface area contributed by atoms with E-state index >= 15 is 0 Å². The number of anilines is 2. The summed E-state index contributed by atoms with van der Waals surface area (Å²) in [4.78, 5) is 16.4. The maximum absolute atomic E-state index is 13.1. The Morgan fingerprint density at radius 2 is 1.75 bits per heavy atom. The summed E-state index contributed by atoms with van der Waals surface area (Å²) in [5, 5.41) is 3.16. The Bertz CT molecular complexity index is 785. The van der Waals surface area contributed by atoms with E-state index in [0.717, 1.165) is 44.0 Å². The Labute approximate surface area is 167 Å². The number of carbonyl (C=O) groups excluding carboxylic acids is 1. The summed E-state index contributed by atoms with van der Waals surface area (Å²) in [6.45, 7) is 9.86. The van der Waals surface area contributed by atoms with E-state index in [4.69, 9.17) is 0 Å². The lowest BCUT2D eigenvalue weighted by Gasteiger charge is -2.36. The predicted octanol–water partition coefficient (Wildman–Crippen LogP) is 3.07. The van der Waals surface area contributed by atoms with Crippen LogP contribution in [-0.2, 0) is 4.79 Å². The third-order valence-electron chi connectivity index (χ3n) is 5.97. The van der Waals surface area contributed by atoms with Crippen LogP contribution < -0.4 is 15.1 Å². The molecular formula is C23H31FN3O+. The molecule has 1 aliphatic rings. The lowest BCUT2D eigenvalue weighted by molar-refractivity contribution is -0.914. The van der Waals surface area contributed by atoms with Crippen LogP contribution in [0.4, 0.5) is 15.8 Å². The van der Waals surface area contributed by atoms with Crippen molar-refractivity contribution in [1.82, 2.24) is 0 Å². The highest BCUT2D eigenvalue weighted by Crippen LogP contribution is 2.26. The molecule has 1 amide bonds. The van der Waals surface area contributed by atoms with Gasteiger partial charge in [0, 0.05) is 11.4 Å². The largest absolute Gasteiger partial charge is 0.360 e. The topological polar surface area (TPSA) is 36.8 Å². The second-order valence-corrected chi connectivity index (χ2v) is 7.73. The van der Waals surface area contributed by atoms with Crippen LogP contribution in [0.15, 0.2) is 48.5 Å². The fraction of sp³-hybridized carbons (Fsp3) is 0.435. The number of benzene rings is 2. The molecule has 0 aromatic heterocycles. The zero-order chi connectivity index (χ0) is 20.1. The number of rotatable bonds is 6. The Balaban J connectivity index is 1.58. The molecule has 4 nitrogen and oxygen atoms in total. The molecule has 0 spiro atoms. The minimum Gasteiger partial charge on any atom is -0.360 e. The second kappa shape index (κ2) is 9.20. The minimum atomic E-state index is -0.212. The molecule has 2 aromatic rings. The van der Waals surface area contributed by atoms with Crippen molar-refractivity contribution in [2.75, 3.05) is 36.4 Å². The van der Waals surface area contributed by atoms with E-state index in [2.05, 4.69) is 30.1 Å². The molecule has 0 unspecified atom stereocenters. The maximum atomic E-state index is 13.1. The van der Waals surface area contributed by atoms with Gasteiger partial charge in [0.15, 0.2) is 6.04 Å². The molecule has 1 aliphatic heterocycles. The molecular weight excluding hydrogens is 353 g/mol. The molecule has 150 valence electrons. The van der Waals surface area contributed by atoms with Gasteiger partial charge in [-0.1, -0.05) is 32.0 Å². The van der Waals surface area contributed by atoms with Gasteiger partial charge in [-0.3, -0.25) is 4.79 Å². The van der Waals surface area contributed by atoms with Crippen molar-refractivity contribution in [1.29, 1.82) is 0 Å². The molecule has 1 fully saturated rings. The number of quaternary nitrogens is 1. The first-order valence-electron chi connectivity index (χ1n) is 10.2. The van der Waals surface area contributed by atoms with Crippen LogP contribution >= 0.6 is 0 Å². The number of amides is 1. The zero-order valence-corrected chi connectivity index (χ0v) is 17.0. The third-order valence-corrected chi connectivity index (χ3v) is 5.97. The highest BCUT2D eigenvalue weighted by molar-refractivity contribution is 5.94. The van der Waals surface area contributed by atoms with Crippen LogP contribution in [0.2, 0.25) is 0 Å². The Morgan fingerprint density at radius 3 is 2.39 bits per heavy atom. The summed E-state index contributed by atoms with van der Waals surface area (Å²) < 4.78 is 13.1. The third kappa shape index (κ3) is 4.71. The van der Waals surface area contributed by atoms with Gasteiger partial charge in [0.05, 0.1) is 26.2 Å². The predicted molar refractivity (Wildman–Crippen MR) is 113 cm³/mol. The fourth-order valence-electron chi connectivity index (χ4n) is 3.82. The van der Waals surface area contributed by atoms with Crippen LogP contribution in [0.3, 0.4) is 0 Å². The van der Waals surface area contributed by atoms with Gasteiger partial charge in [0.2, 0.25) is 0 Å². The van der Waals surface area contributed by atoms with Gasteiger partial charge in [-0.25, -0.2) is 4.39 Å². The molecule has 2 atom stereocenters. The average molecular weight is 385 g/mol. The smallest absolute Gasteiger partial charge is 0.282 e. The Hall–Kier alpha value is -2.40. The Kier molecular flexibility index (Phi) is 6.68. The molecule has 28 heavy (non-hydrogen) atoms. The van der Waals surface area contributed by atoms with Crippen LogP contribution in [-0.4, -0.2) is 38.1 Å². The van der Waals surface area contributed by atoms with Crippen molar-refractivity contribution in [2.45, 2.75) is 39.2 Å². The van der Waals surface area contributed by atoms with E-state index in [0.29, 0.717) is 5.92 Å². The SMILES string of the molecule is CC[C@@H](C)c1ccccc1NC(=O)[C@@H](C)[NH+]1CCN(c2ccc(F)cc2)CC1. The highest BCUT2D eigenvalue weighted by atomic mass is 19.1. The molecule has 0 bridgehead atoms. The normalized spacial score (nSPS) is 17.2. The van der Waals surface area contributed by atoms with Gasteiger partial charge in [0.25, 0.3) is 5.91 Å². The van der Waals surface area contributed by atoms with Crippen molar-refractivity contribution < 1.29 is 14.1 Å². The maximum Gasteiger partial charge on any atom is 0.282 e. The molecule has 1 saturated heterocycles. The first-order chi connectivity index (χ1) is 13.5. The first-order valence-corrected chi connectivity index (χ1v) is 10.2. The van der Waals surface area contributed by atoms with E-state index in [1.807, 2.05) is 37.3 Å². The van der Waals surface area contributed by atoms with Crippen LogP contribution in [0.1, 0.15) is 38.7 Å². The van der Waals surface area contributed by atoms with E-state index in [1.165, 1.54) is 22.6 Å². The lowest BCUT2D eigenvalue weighted by atomic mass is 9.97. The monoisotopic (exact) mass is 384 g/mol. The van der Waals surface area contributed by atoms with E-state index in [9.17, 15) is 9.18 Å². The summed E-state index contributed by atoms with van der Waals surface area (Å²) >= 11 is 0. The van der Waals surface area contributed by atoms with E-state index in [1.54, 1.807) is 0 Å². The van der Waals surface area contributed by atoms with Crippen molar-refractivity contribution in [3.8, 4) is 0 Å². The lowest BCUT2D eigenvalue weighted by Crippen LogP contribution is -3.19. The van der Waals surface area contributed by atoms with Crippen LogP contribution in [0, 0.1) is 5.82 Å². The molecule has 0 radical (unpaired) electrons. The van der Waals surface area contributed by atoms with Crippen molar-refractivity contribution in [3.05, 3.63) is 59.9 Å². The molecule has 2 aromatic carbocycles. The number of halogens is 1. The summed E-state index contributed by atoms with van der Waals surface area (Å²) in [6, 6.07) is 14.6. The van der Waals surface area contributed by atoms with Crippen molar-refractivity contribution in [3.63, 3.8) is 0 Å². The van der Waals surface area contributed by atoms with Crippen molar-refractivity contribution in [2.24, 2.45) is 0 Å². The number of piperazine rings is 1. The standard InChI is InChI=1S/C23H30FN3O/c1-4-17(2)21-7-5-6-8-22(21)25-23(28)18(3)26-13-15-27(16-14-26)20-11-9-19(24)10-12-20/h5-12,17-18H,4,13-16H2,1-3H3,(H,25,28)/p+1/t17-,18-/m1/s1. The van der Waals surface area contributed by atoms with Gasteiger partial charge in [-0.15, -0.1) is 0 Å². The second-order valence-electron chi connectivity index (χ2n) is 7.73. The van der Waals surface area contributed by atoms with Gasteiger partial charge < -0.3 is 15.1 Å². The zero-order valence-electron chi connectivity index (χ0n) is 17.0.